The number of nitrogens with zero attached hydrogens (tertiary/aromatic N) is 2. The molecule has 0 bridgehead atoms. The van der Waals surface area contributed by atoms with Crippen LogP contribution in [0.1, 0.15) is 38.2 Å². The van der Waals surface area contributed by atoms with Crippen molar-refractivity contribution >= 4 is 5.91 Å². The molecule has 0 aromatic heterocycles. The third-order valence-corrected chi connectivity index (χ3v) is 5.52. The number of hydrogen-bond acceptors (Lipinski definition) is 3. The number of carbonyl (C=O) groups excluding carboxylic acids is 1. The molecule has 2 spiro atoms. The Bertz CT molecular complexity index is 584. The summed E-state index contributed by atoms with van der Waals surface area (Å²) in [5, 5.41) is 0. The van der Waals surface area contributed by atoms with Crippen LogP contribution in [-0.4, -0.2) is 53.1 Å². The maximum atomic E-state index is 12.5. The average Bonchev–Trinajstić information content (AvgIpc) is 3.32. The standard InChI is InChI=1S/C19H26N2O2/c1-2-21-15-18(23-19(10-11-19)17(21)22)9-6-12-20(14-18)13-16-7-4-3-5-8-16/h3-5,7-8H,2,6,9-15H2,1H3. The van der Waals surface area contributed by atoms with Gasteiger partial charge < -0.3 is 9.64 Å². The van der Waals surface area contributed by atoms with Gasteiger partial charge in [0.1, 0.15) is 5.60 Å². The number of rotatable bonds is 3. The van der Waals surface area contributed by atoms with E-state index < -0.39 is 5.60 Å². The first-order valence-corrected chi connectivity index (χ1v) is 8.91. The fraction of sp³-hybridized carbons (Fsp3) is 0.632. The van der Waals surface area contributed by atoms with Crippen LogP contribution in [0.25, 0.3) is 0 Å². The van der Waals surface area contributed by atoms with Gasteiger partial charge in [-0.05, 0) is 44.7 Å². The topological polar surface area (TPSA) is 32.8 Å². The van der Waals surface area contributed by atoms with Gasteiger partial charge in [-0.25, -0.2) is 0 Å². The molecule has 1 unspecified atom stereocenters. The Morgan fingerprint density at radius 2 is 1.91 bits per heavy atom. The summed E-state index contributed by atoms with van der Waals surface area (Å²) < 4.78 is 6.49. The molecule has 1 saturated carbocycles. The Labute approximate surface area is 138 Å². The van der Waals surface area contributed by atoms with Gasteiger partial charge in [-0.3, -0.25) is 9.69 Å². The zero-order valence-electron chi connectivity index (χ0n) is 14.0. The van der Waals surface area contributed by atoms with E-state index in [2.05, 4.69) is 42.2 Å². The summed E-state index contributed by atoms with van der Waals surface area (Å²) in [6, 6.07) is 10.6. The zero-order valence-corrected chi connectivity index (χ0v) is 14.0. The lowest BCUT2D eigenvalue weighted by Gasteiger charge is -2.50. The number of hydrogen-bond donors (Lipinski definition) is 0. The van der Waals surface area contributed by atoms with E-state index in [-0.39, 0.29) is 11.5 Å². The van der Waals surface area contributed by atoms with Crippen molar-refractivity contribution in [1.82, 2.24) is 9.80 Å². The van der Waals surface area contributed by atoms with Crippen molar-refractivity contribution < 1.29 is 9.53 Å². The summed E-state index contributed by atoms with van der Waals surface area (Å²) >= 11 is 0. The largest absolute Gasteiger partial charge is 0.356 e. The summed E-state index contributed by atoms with van der Waals surface area (Å²) in [7, 11) is 0. The molecule has 1 amide bonds. The fourth-order valence-electron chi connectivity index (χ4n) is 4.26. The SMILES string of the molecule is CCN1CC2(CCCN(Cc3ccccc3)C2)OC2(CC2)C1=O. The van der Waals surface area contributed by atoms with E-state index in [0.29, 0.717) is 0 Å². The summed E-state index contributed by atoms with van der Waals surface area (Å²) in [5.41, 5.74) is 0.724. The van der Waals surface area contributed by atoms with Crippen molar-refractivity contribution in [3.05, 3.63) is 35.9 Å². The van der Waals surface area contributed by atoms with E-state index in [4.69, 9.17) is 4.74 Å². The third-order valence-electron chi connectivity index (χ3n) is 5.52. The molecule has 4 rings (SSSR count). The molecule has 3 aliphatic rings. The number of benzene rings is 1. The highest BCUT2D eigenvalue weighted by Crippen LogP contribution is 2.49. The first kappa shape index (κ1) is 15.2. The van der Waals surface area contributed by atoms with Gasteiger partial charge in [0.15, 0.2) is 0 Å². The molecule has 0 radical (unpaired) electrons. The second-order valence-corrected chi connectivity index (χ2v) is 7.40. The van der Waals surface area contributed by atoms with Crippen molar-refractivity contribution in [2.75, 3.05) is 26.2 Å². The monoisotopic (exact) mass is 314 g/mol. The molecule has 2 heterocycles. The lowest BCUT2D eigenvalue weighted by atomic mass is 9.89. The molecule has 23 heavy (non-hydrogen) atoms. The summed E-state index contributed by atoms with van der Waals surface area (Å²) in [5.74, 6) is 0.228. The van der Waals surface area contributed by atoms with Gasteiger partial charge in [-0.2, -0.15) is 0 Å². The van der Waals surface area contributed by atoms with Crippen LogP contribution in [-0.2, 0) is 16.1 Å². The lowest BCUT2D eigenvalue weighted by Crippen LogP contribution is -2.64. The van der Waals surface area contributed by atoms with E-state index in [0.717, 1.165) is 58.4 Å². The highest BCUT2D eigenvalue weighted by atomic mass is 16.5. The molecule has 124 valence electrons. The Hall–Kier alpha value is -1.39. The predicted molar refractivity (Wildman–Crippen MR) is 89.0 cm³/mol. The Balaban J connectivity index is 1.50. The number of morpholine rings is 1. The van der Waals surface area contributed by atoms with E-state index in [1.807, 2.05) is 4.90 Å². The third kappa shape index (κ3) is 2.79. The smallest absolute Gasteiger partial charge is 0.254 e. The minimum absolute atomic E-state index is 0.159. The summed E-state index contributed by atoms with van der Waals surface area (Å²) in [6.45, 7) is 6.66. The average molecular weight is 314 g/mol. The number of carbonyl (C=O) groups is 1. The number of ether oxygens (including phenoxy) is 1. The van der Waals surface area contributed by atoms with Crippen LogP contribution in [0.2, 0.25) is 0 Å². The van der Waals surface area contributed by atoms with Gasteiger partial charge in [0.25, 0.3) is 5.91 Å². The van der Waals surface area contributed by atoms with Crippen LogP contribution < -0.4 is 0 Å². The van der Waals surface area contributed by atoms with Gasteiger partial charge in [-0.15, -0.1) is 0 Å². The maximum Gasteiger partial charge on any atom is 0.254 e. The first-order valence-electron chi connectivity index (χ1n) is 8.91. The van der Waals surface area contributed by atoms with Crippen molar-refractivity contribution in [2.24, 2.45) is 0 Å². The van der Waals surface area contributed by atoms with Gasteiger partial charge in [0.05, 0.1) is 12.1 Å². The highest BCUT2D eigenvalue weighted by Gasteiger charge is 2.61. The molecule has 1 aromatic rings. The van der Waals surface area contributed by atoms with Crippen molar-refractivity contribution in [1.29, 1.82) is 0 Å². The number of piperidine rings is 1. The molecule has 2 aliphatic heterocycles. The number of likely N-dealkylation sites (tertiary alicyclic amines) is 1. The lowest BCUT2D eigenvalue weighted by molar-refractivity contribution is -0.202. The molecule has 1 aliphatic carbocycles. The molecule has 4 heteroatoms. The van der Waals surface area contributed by atoms with E-state index in [9.17, 15) is 4.79 Å². The van der Waals surface area contributed by atoms with Gasteiger partial charge in [-0.1, -0.05) is 30.3 Å². The minimum atomic E-state index is -0.468. The van der Waals surface area contributed by atoms with E-state index in [1.54, 1.807) is 0 Å². The van der Waals surface area contributed by atoms with Crippen LogP contribution >= 0.6 is 0 Å². The van der Waals surface area contributed by atoms with Gasteiger partial charge in [0.2, 0.25) is 0 Å². The number of likely N-dealkylation sites (N-methyl/N-ethyl adjacent to an activating group) is 1. The van der Waals surface area contributed by atoms with Gasteiger partial charge in [0, 0.05) is 19.6 Å². The van der Waals surface area contributed by atoms with Gasteiger partial charge >= 0.3 is 0 Å². The first-order chi connectivity index (χ1) is 11.1. The van der Waals surface area contributed by atoms with Crippen molar-refractivity contribution in [3.63, 3.8) is 0 Å². The van der Waals surface area contributed by atoms with Crippen LogP contribution in [0.4, 0.5) is 0 Å². The number of amides is 1. The molecular formula is C19H26N2O2. The molecular weight excluding hydrogens is 288 g/mol. The minimum Gasteiger partial charge on any atom is -0.356 e. The predicted octanol–water partition coefficient (Wildman–Crippen LogP) is 2.43. The van der Waals surface area contributed by atoms with Crippen molar-refractivity contribution in [3.8, 4) is 0 Å². The fourth-order valence-corrected chi connectivity index (χ4v) is 4.26. The highest BCUT2D eigenvalue weighted by molar-refractivity contribution is 5.89. The molecule has 0 N–H and O–H groups in total. The Morgan fingerprint density at radius 1 is 1.13 bits per heavy atom. The van der Waals surface area contributed by atoms with Crippen LogP contribution in [0.3, 0.4) is 0 Å². The zero-order chi connectivity index (χ0) is 15.9. The van der Waals surface area contributed by atoms with Crippen molar-refractivity contribution in [2.45, 2.75) is 50.4 Å². The summed E-state index contributed by atoms with van der Waals surface area (Å²) in [4.78, 5) is 17.1. The van der Waals surface area contributed by atoms with Crippen LogP contribution in [0.15, 0.2) is 30.3 Å². The van der Waals surface area contributed by atoms with E-state index in [1.165, 1.54) is 5.56 Å². The molecule has 1 aromatic carbocycles. The Kier molecular flexibility index (Phi) is 3.69. The normalized spacial score (nSPS) is 30.1. The van der Waals surface area contributed by atoms with Crippen LogP contribution in [0, 0.1) is 0 Å². The maximum absolute atomic E-state index is 12.5. The molecule has 4 nitrogen and oxygen atoms in total. The second-order valence-electron chi connectivity index (χ2n) is 7.40. The summed E-state index contributed by atoms with van der Waals surface area (Å²) in [6.07, 6.45) is 4.03. The molecule has 1 atom stereocenters. The Morgan fingerprint density at radius 3 is 2.61 bits per heavy atom. The van der Waals surface area contributed by atoms with Crippen LogP contribution in [0.5, 0.6) is 0 Å². The molecule has 3 fully saturated rings. The van der Waals surface area contributed by atoms with E-state index >= 15 is 0 Å². The quantitative estimate of drug-likeness (QED) is 0.859. The second kappa shape index (κ2) is 5.60. The molecule has 2 saturated heterocycles.